The molecule has 0 fully saturated rings. The van der Waals surface area contributed by atoms with E-state index >= 15 is 0 Å². The fourth-order valence-corrected chi connectivity index (χ4v) is 1.44. The van der Waals surface area contributed by atoms with Crippen LogP contribution in [0.1, 0.15) is 31.4 Å². The minimum absolute atomic E-state index is 0.0569. The monoisotopic (exact) mass is 248 g/mol. The first-order valence-electron chi connectivity index (χ1n) is 6.12. The Morgan fingerprint density at radius 2 is 2.22 bits per heavy atom. The van der Waals surface area contributed by atoms with E-state index in [0.29, 0.717) is 5.75 Å². The second-order valence-electron chi connectivity index (χ2n) is 4.23. The lowest BCUT2D eigenvalue weighted by atomic mass is 10.1. The molecule has 0 N–H and O–H groups in total. The van der Waals surface area contributed by atoms with Crippen molar-refractivity contribution in [1.29, 1.82) is 0 Å². The van der Waals surface area contributed by atoms with Crippen LogP contribution in [0.2, 0.25) is 0 Å². The van der Waals surface area contributed by atoms with Crippen LogP contribution in [-0.4, -0.2) is 18.7 Å². The lowest BCUT2D eigenvalue weighted by Crippen LogP contribution is -2.20. The molecular weight excluding hydrogens is 228 g/mol. The van der Waals surface area contributed by atoms with Crippen LogP contribution < -0.4 is 4.74 Å². The van der Waals surface area contributed by atoms with Gasteiger partial charge in [-0.3, -0.25) is 0 Å². The second kappa shape index (κ2) is 6.84. The molecule has 1 aromatic carbocycles. The van der Waals surface area contributed by atoms with Gasteiger partial charge in [0.25, 0.3) is 0 Å². The van der Waals surface area contributed by atoms with Gasteiger partial charge in [-0.1, -0.05) is 25.6 Å². The van der Waals surface area contributed by atoms with Crippen LogP contribution in [-0.2, 0) is 9.53 Å². The summed E-state index contributed by atoms with van der Waals surface area (Å²) in [5.74, 6) is 0.359. The Labute approximate surface area is 108 Å². The van der Waals surface area contributed by atoms with Crippen LogP contribution >= 0.6 is 0 Å². The summed E-state index contributed by atoms with van der Waals surface area (Å²) < 4.78 is 10.6. The smallest absolute Gasteiger partial charge is 0.344 e. The maximum atomic E-state index is 11.5. The van der Waals surface area contributed by atoms with Crippen molar-refractivity contribution in [3.63, 3.8) is 0 Å². The predicted molar refractivity (Wildman–Crippen MR) is 72.6 cm³/mol. The summed E-state index contributed by atoms with van der Waals surface area (Å²) >= 11 is 0. The first-order valence-corrected chi connectivity index (χ1v) is 6.12. The summed E-state index contributed by atoms with van der Waals surface area (Å²) in [6.07, 6.45) is 2.51. The van der Waals surface area contributed by atoms with E-state index in [-0.39, 0.29) is 18.7 Å². The Hall–Kier alpha value is -1.77. The van der Waals surface area contributed by atoms with E-state index in [9.17, 15) is 4.79 Å². The van der Waals surface area contributed by atoms with Gasteiger partial charge in [0.05, 0.1) is 6.10 Å². The van der Waals surface area contributed by atoms with Crippen molar-refractivity contribution in [3.05, 3.63) is 35.9 Å². The topological polar surface area (TPSA) is 35.5 Å². The fraction of sp³-hybridized carbons (Fsp3) is 0.400. The van der Waals surface area contributed by atoms with Crippen LogP contribution in [0.5, 0.6) is 5.75 Å². The van der Waals surface area contributed by atoms with Gasteiger partial charge in [-0.05, 0) is 43.5 Å². The second-order valence-corrected chi connectivity index (χ2v) is 4.23. The quantitative estimate of drug-likeness (QED) is 0.724. The third-order valence-corrected chi connectivity index (χ3v) is 2.69. The van der Waals surface area contributed by atoms with Crippen molar-refractivity contribution in [2.24, 2.45) is 0 Å². The van der Waals surface area contributed by atoms with E-state index in [1.807, 2.05) is 39.0 Å². The molecule has 1 aromatic rings. The molecule has 3 nitrogen and oxygen atoms in total. The highest BCUT2D eigenvalue weighted by molar-refractivity contribution is 5.71. The van der Waals surface area contributed by atoms with Crippen molar-refractivity contribution in [3.8, 4) is 5.75 Å². The van der Waals surface area contributed by atoms with Crippen molar-refractivity contribution in [2.45, 2.75) is 33.3 Å². The van der Waals surface area contributed by atoms with Gasteiger partial charge < -0.3 is 9.47 Å². The Bertz CT molecular complexity index is 424. The average Bonchev–Trinajstić information content (AvgIpc) is 2.36. The molecule has 3 heteroatoms. The molecule has 0 heterocycles. The highest BCUT2D eigenvalue weighted by Gasteiger charge is 2.09. The summed E-state index contributed by atoms with van der Waals surface area (Å²) in [5, 5.41) is 0. The van der Waals surface area contributed by atoms with Crippen molar-refractivity contribution >= 4 is 12.0 Å². The highest BCUT2D eigenvalue weighted by Crippen LogP contribution is 2.19. The molecule has 0 bridgehead atoms. The SMILES string of the molecule is C=Cc1ccc(OCC(=O)OC(C)CC)c(C)c1. The molecule has 1 unspecified atom stereocenters. The number of ether oxygens (including phenoxy) is 2. The van der Waals surface area contributed by atoms with E-state index in [0.717, 1.165) is 17.5 Å². The predicted octanol–water partition coefficient (Wildman–Crippen LogP) is 3.36. The van der Waals surface area contributed by atoms with E-state index in [4.69, 9.17) is 9.47 Å². The zero-order valence-electron chi connectivity index (χ0n) is 11.2. The largest absolute Gasteiger partial charge is 0.482 e. The molecule has 0 saturated heterocycles. The molecule has 0 aliphatic heterocycles. The van der Waals surface area contributed by atoms with Gasteiger partial charge in [-0.2, -0.15) is 0 Å². The Balaban J connectivity index is 2.53. The van der Waals surface area contributed by atoms with Gasteiger partial charge in [0.2, 0.25) is 0 Å². The lowest BCUT2D eigenvalue weighted by Gasteiger charge is -2.12. The zero-order chi connectivity index (χ0) is 13.5. The molecule has 0 aliphatic carbocycles. The van der Waals surface area contributed by atoms with E-state index in [1.165, 1.54) is 0 Å². The minimum Gasteiger partial charge on any atom is -0.482 e. The molecule has 0 spiro atoms. The number of hydrogen-bond acceptors (Lipinski definition) is 3. The number of aryl methyl sites for hydroxylation is 1. The molecule has 1 rings (SSSR count). The zero-order valence-corrected chi connectivity index (χ0v) is 11.2. The van der Waals surface area contributed by atoms with Gasteiger partial charge in [0.15, 0.2) is 6.61 Å². The van der Waals surface area contributed by atoms with E-state index in [2.05, 4.69) is 6.58 Å². The summed E-state index contributed by atoms with van der Waals surface area (Å²) in [7, 11) is 0. The van der Waals surface area contributed by atoms with Crippen molar-refractivity contribution < 1.29 is 14.3 Å². The van der Waals surface area contributed by atoms with Gasteiger partial charge in [0, 0.05) is 0 Å². The maximum absolute atomic E-state index is 11.5. The van der Waals surface area contributed by atoms with Gasteiger partial charge in [0.1, 0.15) is 5.75 Å². The molecular formula is C15H20O3. The van der Waals surface area contributed by atoms with Crippen molar-refractivity contribution in [2.75, 3.05) is 6.61 Å². The van der Waals surface area contributed by atoms with Crippen LogP contribution in [0.3, 0.4) is 0 Å². The first kappa shape index (κ1) is 14.3. The third kappa shape index (κ3) is 4.24. The van der Waals surface area contributed by atoms with Crippen LogP contribution in [0.4, 0.5) is 0 Å². The molecule has 98 valence electrons. The Kier molecular flexibility index (Phi) is 5.43. The summed E-state index contributed by atoms with van der Waals surface area (Å²) in [6.45, 7) is 9.41. The molecule has 0 aliphatic rings. The number of benzene rings is 1. The molecule has 0 radical (unpaired) electrons. The summed E-state index contributed by atoms with van der Waals surface area (Å²) in [4.78, 5) is 11.5. The summed E-state index contributed by atoms with van der Waals surface area (Å²) in [6, 6.07) is 5.69. The van der Waals surface area contributed by atoms with E-state index in [1.54, 1.807) is 6.08 Å². The Morgan fingerprint density at radius 1 is 1.50 bits per heavy atom. The molecule has 0 amide bonds. The van der Waals surface area contributed by atoms with Gasteiger partial charge >= 0.3 is 5.97 Å². The van der Waals surface area contributed by atoms with Crippen LogP contribution in [0.25, 0.3) is 6.08 Å². The van der Waals surface area contributed by atoms with Crippen LogP contribution in [0, 0.1) is 6.92 Å². The molecule has 18 heavy (non-hydrogen) atoms. The number of hydrogen-bond donors (Lipinski definition) is 0. The first-order chi connectivity index (χ1) is 8.56. The number of rotatable bonds is 6. The van der Waals surface area contributed by atoms with E-state index < -0.39 is 0 Å². The highest BCUT2D eigenvalue weighted by atomic mass is 16.6. The lowest BCUT2D eigenvalue weighted by molar-refractivity contribution is -0.150. The third-order valence-electron chi connectivity index (χ3n) is 2.69. The van der Waals surface area contributed by atoms with Crippen molar-refractivity contribution in [1.82, 2.24) is 0 Å². The Morgan fingerprint density at radius 3 is 2.78 bits per heavy atom. The number of carbonyl (C=O) groups is 1. The van der Waals surface area contributed by atoms with Gasteiger partial charge in [-0.25, -0.2) is 4.79 Å². The molecule has 0 aromatic heterocycles. The molecule has 0 saturated carbocycles. The minimum atomic E-state index is -0.337. The summed E-state index contributed by atoms with van der Waals surface area (Å²) in [5.41, 5.74) is 2.01. The fourth-order valence-electron chi connectivity index (χ4n) is 1.44. The average molecular weight is 248 g/mol. The standard InChI is InChI=1S/C15H20O3/c1-5-12(4)18-15(16)10-17-14-8-7-13(6-2)9-11(14)3/h6-9,12H,2,5,10H2,1,3-4H3. The molecule has 1 atom stereocenters. The number of esters is 1. The van der Waals surface area contributed by atoms with Crippen LogP contribution in [0.15, 0.2) is 24.8 Å². The van der Waals surface area contributed by atoms with Gasteiger partial charge in [-0.15, -0.1) is 0 Å². The number of carbonyl (C=O) groups excluding carboxylic acids is 1. The normalized spacial score (nSPS) is 11.7. The maximum Gasteiger partial charge on any atom is 0.344 e.